The summed E-state index contributed by atoms with van der Waals surface area (Å²) in [6.07, 6.45) is 4.60. The van der Waals surface area contributed by atoms with E-state index in [4.69, 9.17) is 5.73 Å². The minimum atomic E-state index is 0.662. The van der Waals surface area contributed by atoms with Gasteiger partial charge in [-0.15, -0.1) is 0 Å². The van der Waals surface area contributed by atoms with Gasteiger partial charge in [0, 0.05) is 50.7 Å². The molecule has 100 valence electrons. The molecule has 0 saturated carbocycles. The van der Waals surface area contributed by atoms with Gasteiger partial charge in [0.25, 0.3) is 0 Å². The lowest BCUT2D eigenvalue weighted by molar-refractivity contribution is 0.272. The first-order valence-corrected chi connectivity index (χ1v) is 6.61. The molecule has 0 aromatic carbocycles. The van der Waals surface area contributed by atoms with Crippen molar-refractivity contribution >= 4 is 0 Å². The molecular formula is C15H20N4. The summed E-state index contributed by atoms with van der Waals surface area (Å²) in [6, 6.07) is 12.0. The van der Waals surface area contributed by atoms with Gasteiger partial charge in [0.15, 0.2) is 0 Å². The molecule has 2 rings (SSSR count). The maximum absolute atomic E-state index is 5.67. The summed E-state index contributed by atoms with van der Waals surface area (Å²) in [7, 11) is 0. The fraction of sp³-hybridized carbons (Fsp3) is 0.333. The Labute approximate surface area is 114 Å². The molecule has 2 aromatic rings. The smallest absolute Gasteiger partial charge is 0.0543 e. The van der Waals surface area contributed by atoms with E-state index in [1.165, 1.54) is 0 Å². The van der Waals surface area contributed by atoms with Crippen molar-refractivity contribution in [3.8, 4) is 0 Å². The van der Waals surface area contributed by atoms with Crippen molar-refractivity contribution in [2.75, 3.05) is 19.6 Å². The van der Waals surface area contributed by atoms with E-state index < -0.39 is 0 Å². The van der Waals surface area contributed by atoms with Crippen LogP contribution in [0.3, 0.4) is 0 Å². The van der Waals surface area contributed by atoms with Crippen LogP contribution in [0, 0.1) is 0 Å². The quantitative estimate of drug-likeness (QED) is 0.815. The van der Waals surface area contributed by atoms with Gasteiger partial charge in [-0.05, 0) is 24.3 Å². The van der Waals surface area contributed by atoms with Gasteiger partial charge < -0.3 is 5.73 Å². The average molecular weight is 256 g/mol. The first kappa shape index (κ1) is 13.6. The Morgan fingerprint density at radius 1 is 0.895 bits per heavy atom. The van der Waals surface area contributed by atoms with Crippen molar-refractivity contribution in [1.82, 2.24) is 14.9 Å². The van der Waals surface area contributed by atoms with E-state index in [0.29, 0.717) is 6.54 Å². The minimum Gasteiger partial charge on any atom is -0.329 e. The standard InChI is InChI=1S/C15H20N4/c16-8-12-19(13-15-6-2-4-10-18-15)11-7-14-5-1-3-9-17-14/h1-6,9-10H,7-8,11-13,16H2. The summed E-state index contributed by atoms with van der Waals surface area (Å²) >= 11 is 0. The molecule has 0 atom stereocenters. The largest absolute Gasteiger partial charge is 0.329 e. The Morgan fingerprint density at radius 3 is 2.16 bits per heavy atom. The Hall–Kier alpha value is -1.78. The number of rotatable bonds is 7. The van der Waals surface area contributed by atoms with Crippen LogP contribution >= 0.6 is 0 Å². The van der Waals surface area contributed by atoms with Crippen molar-refractivity contribution in [2.45, 2.75) is 13.0 Å². The maximum Gasteiger partial charge on any atom is 0.0543 e. The Morgan fingerprint density at radius 2 is 1.58 bits per heavy atom. The van der Waals surface area contributed by atoms with Crippen LogP contribution in [0.15, 0.2) is 48.8 Å². The van der Waals surface area contributed by atoms with Crippen LogP contribution in [0.25, 0.3) is 0 Å². The molecule has 4 heteroatoms. The summed E-state index contributed by atoms with van der Waals surface area (Å²) < 4.78 is 0. The number of hydrogen-bond acceptors (Lipinski definition) is 4. The van der Waals surface area contributed by atoms with Crippen LogP contribution in [0.1, 0.15) is 11.4 Å². The van der Waals surface area contributed by atoms with Crippen molar-refractivity contribution in [3.05, 3.63) is 60.2 Å². The van der Waals surface area contributed by atoms with Crippen molar-refractivity contribution in [2.24, 2.45) is 5.73 Å². The highest BCUT2D eigenvalue weighted by molar-refractivity contribution is 5.05. The molecule has 0 aliphatic carbocycles. The molecule has 4 nitrogen and oxygen atoms in total. The third-order valence-corrected chi connectivity index (χ3v) is 2.97. The van der Waals surface area contributed by atoms with E-state index in [0.717, 1.165) is 37.4 Å². The van der Waals surface area contributed by atoms with Gasteiger partial charge in [-0.25, -0.2) is 0 Å². The molecule has 2 heterocycles. The summed E-state index contributed by atoms with van der Waals surface area (Å²) in [5.74, 6) is 0. The normalized spacial score (nSPS) is 10.8. The van der Waals surface area contributed by atoms with Crippen molar-refractivity contribution < 1.29 is 0 Å². The monoisotopic (exact) mass is 256 g/mol. The zero-order valence-electron chi connectivity index (χ0n) is 11.1. The van der Waals surface area contributed by atoms with Crippen LogP contribution < -0.4 is 5.73 Å². The van der Waals surface area contributed by atoms with Gasteiger partial charge >= 0.3 is 0 Å². The molecule has 0 amide bonds. The van der Waals surface area contributed by atoms with E-state index in [1.807, 2.05) is 42.7 Å². The average Bonchev–Trinajstić information content (AvgIpc) is 2.47. The van der Waals surface area contributed by atoms with Crippen LogP contribution in [-0.4, -0.2) is 34.5 Å². The molecule has 0 saturated heterocycles. The van der Waals surface area contributed by atoms with E-state index >= 15 is 0 Å². The fourth-order valence-corrected chi connectivity index (χ4v) is 1.99. The number of aromatic nitrogens is 2. The van der Waals surface area contributed by atoms with Gasteiger partial charge in [-0.2, -0.15) is 0 Å². The first-order chi connectivity index (χ1) is 9.38. The van der Waals surface area contributed by atoms with E-state index in [2.05, 4.69) is 20.9 Å². The Kier molecular flexibility index (Phi) is 5.47. The van der Waals surface area contributed by atoms with Crippen molar-refractivity contribution in [1.29, 1.82) is 0 Å². The molecule has 2 N–H and O–H groups in total. The second kappa shape index (κ2) is 7.61. The van der Waals surface area contributed by atoms with Crippen molar-refractivity contribution in [3.63, 3.8) is 0 Å². The molecule has 0 spiro atoms. The number of hydrogen-bond donors (Lipinski definition) is 1. The molecular weight excluding hydrogens is 236 g/mol. The zero-order valence-corrected chi connectivity index (χ0v) is 11.1. The third kappa shape index (κ3) is 4.77. The molecule has 19 heavy (non-hydrogen) atoms. The molecule has 0 unspecified atom stereocenters. The van der Waals surface area contributed by atoms with Gasteiger partial charge in [-0.3, -0.25) is 14.9 Å². The van der Waals surface area contributed by atoms with Crippen LogP contribution in [0.4, 0.5) is 0 Å². The van der Waals surface area contributed by atoms with Gasteiger partial charge in [0.1, 0.15) is 0 Å². The van der Waals surface area contributed by atoms with E-state index in [9.17, 15) is 0 Å². The lowest BCUT2D eigenvalue weighted by atomic mass is 10.2. The third-order valence-electron chi connectivity index (χ3n) is 2.97. The molecule has 0 aliphatic heterocycles. The number of nitrogens with zero attached hydrogens (tertiary/aromatic N) is 3. The second-order valence-electron chi connectivity index (χ2n) is 4.46. The van der Waals surface area contributed by atoms with E-state index in [1.54, 1.807) is 0 Å². The highest BCUT2D eigenvalue weighted by Crippen LogP contribution is 2.03. The predicted molar refractivity (Wildman–Crippen MR) is 76.5 cm³/mol. The van der Waals surface area contributed by atoms with Gasteiger partial charge in [-0.1, -0.05) is 12.1 Å². The lowest BCUT2D eigenvalue weighted by Gasteiger charge is -2.20. The molecule has 0 radical (unpaired) electrons. The zero-order chi connectivity index (χ0) is 13.3. The topological polar surface area (TPSA) is 55.0 Å². The molecule has 2 aromatic heterocycles. The summed E-state index contributed by atoms with van der Waals surface area (Å²) in [5.41, 5.74) is 7.87. The van der Waals surface area contributed by atoms with Crippen LogP contribution in [0.2, 0.25) is 0 Å². The van der Waals surface area contributed by atoms with E-state index in [-0.39, 0.29) is 0 Å². The summed E-state index contributed by atoms with van der Waals surface area (Å²) in [4.78, 5) is 11.0. The summed E-state index contributed by atoms with van der Waals surface area (Å²) in [5, 5.41) is 0. The fourth-order valence-electron chi connectivity index (χ4n) is 1.99. The Bertz CT molecular complexity index is 458. The number of pyridine rings is 2. The van der Waals surface area contributed by atoms with Crippen LogP contribution in [-0.2, 0) is 13.0 Å². The Balaban J connectivity index is 1.89. The maximum atomic E-state index is 5.67. The first-order valence-electron chi connectivity index (χ1n) is 6.61. The molecule has 0 aliphatic rings. The highest BCUT2D eigenvalue weighted by Gasteiger charge is 2.06. The van der Waals surface area contributed by atoms with Gasteiger partial charge in [0.05, 0.1) is 5.69 Å². The molecule has 0 bridgehead atoms. The number of nitrogens with two attached hydrogens (primary N) is 1. The highest BCUT2D eigenvalue weighted by atomic mass is 15.1. The van der Waals surface area contributed by atoms with Crippen LogP contribution in [0.5, 0.6) is 0 Å². The summed E-state index contributed by atoms with van der Waals surface area (Å²) in [6.45, 7) is 3.33. The minimum absolute atomic E-state index is 0.662. The predicted octanol–water partition coefficient (Wildman–Crippen LogP) is 1.48. The molecule has 0 fully saturated rings. The lowest BCUT2D eigenvalue weighted by Crippen LogP contribution is -2.31. The van der Waals surface area contributed by atoms with Gasteiger partial charge in [0.2, 0.25) is 0 Å². The SMILES string of the molecule is NCCN(CCc1ccccn1)Cc1ccccn1. The second-order valence-corrected chi connectivity index (χ2v) is 4.46.